The molecule has 1 aromatic carbocycles. The van der Waals surface area contributed by atoms with Crippen molar-refractivity contribution < 1.29 is 23.5 Å². The number of esters is 1. The number of methoxy groups -OCH3 is 1. The van der Waals surface area contributed by atoms with E-state index in [1.807, 2.05) is 0 Å². The van der Waals surface area contributed by atoms with Gasteiger partial charge in [-0.25, -0.2) is 4.39 Å². The van der Waals surface area contributed by atoms with Crippen LogP contribution in [0.2, 0.25) is 0 Å². The minimum Gasteiger partial charge on any atom is -0.469 e. The third-order valence-electron chi connectivity index (χ3n) is 3.71. The van der Waals surface area contributed by atoms with E-state index in [0.717, 1.165) is 12.1 Å². The Morgan fingerprint density at radius 2 is 2.04 bits per heavy atom. The topological polar surface area (TPSA) is 75.7 Å². The van der Waals surface area contributed by atoms with Crippen LogP contribution in [-0.2, 0) is 14.3 Å². The lowest BCUT2D eigenvalue weighted by Gasteiger charge is -2.31. The lowest BCUT2D eigenvalue weighted by molar-refractivity contribution is -0.146. The van der Waals surface area contributed by atoms with Gasteiger partial charge in [-0.15, -0.1) is 0 Å². The number of amides is 2. The molecule has 0 bridgehead atoms. The summed E-state index contributed by atoms with van der Waals surface area (Å²) in [5.41, 5.74) is 0.363. The van der Waals surface area contributed by atoms with Gasteiger partial charge < -0.3 is 15.0 Å². The Morgan fingerprint density at radius 3 is 2.70 bits per heavy atom. The molecular weight excluding hydrogens is 303 g/mol. The number of likely N-dealkylation sites (tertiary alicyclic amines) is 1. The molecule has 1 saturated heterocycles. The molecule has 1 atom stereocenters. The molecule has 1 aliphatic heterocycles. The standard InChI is InChI=1S/C16H19FN2O4/c1-10(20)18-14-7-12(6-13(17)8-14)15(21)19-5-3-4-11(9-19)16(22)23-2/h6-8,11H,3-5,9H2,1-2H3,(H,18,20). The number of halogens is 1. The zero-order chi connectivity index (χ0) is 17.0. The molecule has 6 nitrogen and oxygen atoms in total. The summed E-state index contributed by atoms with van der Waals surface area (Å²) in [7, 11) is 1.31. The second kappa shape index (κ2) is 7.21. The summed E-state index contributed by atoms with van der Waals surface area (Å²) < 4.78 is 18.4. The van der Waals surface area contributed by atoms with Crippen LogP contribution in [0.25, 0.3) is 0 Å². The first kappa shape index (κ1) is 16.9. The van der Waals surface area contributed by atoms with Crippen molar-refractivity contribution in [3.05, 3.63) is 29.6 Å². The van der Waals surface area contributed by atoms with Gasteiger partial charge in [0.15, 0.2) is 0 Å². The monoisotopic (exact) mass is 322 g/mol. The molecule has 23 heavy (non-hydrogen) atoms. The molecule has 0 aromatic heterocycles. The number of anilines is 1. The second-order valence-electron chi connectivity index (χ2n) is 5.52. The molecule has 2 amide bonds. The Balaban J connectivity index is 2.17. The van der Waals surface area contributed by atoms with Gasteiger partial charge in [0.2, 0.25) is 5.91 Å². The summed E-state index contributed by atoms with van der Waals surface area (Å²) in [5, 5.41) is 2.46. The van der Waals surface area contributed by atoms with Crippen molar-refractivity contribution >= 4 is 23.5 Å². The first-order valence-electron chi connectivity index (χ1n) is 7.36. The van der Waals surface area contributed by atoms with Crippen molar-refractivity contribution in [1.29, 1.82) is 0 Å². The van der Waals surface area contributed by atoms with E-state index in [-0.39, 0.29) is 41.5 Å². The number of hydrogen-bond donors (Lipinski definition) is 1. The molecule has 1 aliphatic rings. The van der Waals surface area contributed by atoms with Crippen molar-refractivity contribution in [2.45, 2.75) is 19.8 Å². The smallest absolute Gasteiger partial charge is 0.310 e. The van der Waals surface area contributed by atoms with E-state index >= 15 is 0 Å². The number of piperidine rings is 1. The van der Waals surface area contributed by atoms with Crippen LogP contribution in [0.15, 0.2) is 18.2 Å². The van der Waals surface area contributed by atoms with E-state index in [0.29, 0.717) is 19.4 Å². The lowest BCUT2D eigenvalue weighted by atomic mass is 9.97. The van der Waals surface area contributed by atoms with Gasteiger partial charge in [0.25, 0.3) is 5.91 Å². The fraction of sp³-hybridized carbons (Fsp3) is 0.438. The van der Waals surface area contributed by atoms with E-state index in [1.165, 1.54) is 25.0 Å². The van der Waals surface area contributed by atoms with Crippen LogP contribution >= 0.6 is 0 Å². The zero-order valence-electron chi connectivity index (χ0n) is 13.1. The van der Waals surface area contributed by atoms with Gasteiger partial charge in [-0.2, -0.15) is 0 Å². The molecule has 1 fully saturated rings. The van der Waals surface area contributed by atoms with Gasteiger partial charge in [-0.1, -0.05) is 0 Å². The SMILES string of the molecule is COC(=O)C1CCCN(C(=O)c2cc(F)cc(NC(C)=O)c2)C1. The summed E-state index contributed by atoms with van der Waals surface area (Å²) in [6.07, 6.45) is 1.34. The Kier molecular flexibility index (Phi) is 5.31. The maximum atomic E-state index is 13.7. The molecule has 1 aromatic rings. The molecule has 124 valence electrons. The summed E-state index contributed by atoms with van der Waals surface area (Å²) >= 11 is 0. The van der Waals surface area contributed by atoms with Crippen LogP contribution in [0.5, 0.6) is 0 Å². The van der Waals surface area contributed by atoms with Gasteiger partial charge in [0.1, 0.15) is 5.82 Å². The molecule has 7 heteroatoms. The van der Waals surface area contributed by atoms with Gasteiger partial charge in [0, 0.05) is 31.3 Å². The van der Waals surface area contributed by atoms with Crippen LogP contribution in [0.1, 0.15) is 30.1 Å². The molecule has 1 unspecified atom stereocenters. The number of benzene rings is 1. The predicted molar refractivity (Wildman–Crippen MR) is 81.3 cm³/mol. The van der Waals surface area contributed by atoms with E-state index in [2.05, 4.69) is 5.32 Å². The van der Waals surface area contributed by atoms with Crippen LogP contribution in [-0.4, -0.2) is 42.9 Å². The largest absolute Gasteiger partial charge is 0.469 e. The molecule has 2 rings (SSSR count). The molecular formula is C16H19FN2O4. The third kappa shape index (κ3) is 4.28. The first-order chi connectivity index (χ1) is 10.9. The van der Waals surface area contributed by atoms with Crippen LogP contribution < -0.4 is 5.32 Å². The van der Waals surface area contributed by atoms with Crippen LogP contribution in [0.4, 0.5) is 10.1 Å². The van der Waals surface area contributed by atoms with Gasteiger partial charge in [0.05, 0.1) is 13.0 Å². The van der Waals surface area contributed by atoms with Crippen molar-refractivity contribution in [3.63, 3.8) is 0 Å². The molecule has 1 heterocycles. The number of carbonyl (C=O) groups excluding carboxylic acids is 3. The average Bonchev–Trinajstić information content (AvgIpc) is 2.52. The highest BCUT2D eigenvalue weighted by Crippen LogP contribution is 2.21. The summed E-state index contributed by atoms with van der Waals surface area (Å²) in [6, 6.07) is 3.69. The maximum Gasteiger partial charge on any atom is 0.310 e. The van der Waals surface area contributed by atoms with Gasteiger partial charge in [-0.05, 0) is 31.0 Å². The molecule has 0 radical (unpaired) electrons. The second-order valence-corrected chi connectivity index (χ2v) is 5.52. The highest BCUT2D eigenvalue weighted by Gasteiger charge is 2.29. The van der Waals surface area contributed by atoms with E-state index in [4.69, 9.17) is 4.74 Å². The Bertz CT molecular complexity index is 633. The van der Waals surface area contributed by atoms with Crippen molar-refractivity contribution in [2.24, 2.45) is 5.92 Å². The van der Waals surface area contributed by atoms with Crippen molar-refractivity contribution in [2.75, 3.05) is 25.5 Å². The fourth-order valence-electron chi connectivity index (χ4n) is 2.69. The summed E-state index contributed by atoms with van der Waals surface area (Å²) in [6.45, 7) is 2.05. The Morgan fingerprint density at radius 1 is 1.30 bits per heavy atom. The quantitative estimate of drug-likeness (QED) is 0.861. The van der Waals surface area contributed by atoms with Crippen LogP contribution in [0.3, 0.4) is 0 Å². The van der Waals surface area contributed by atoms with Crippen LogP contribution in [0, 0.1) is 11.7 Å². The summed E-state index contributed by atoms with van der Waals surface area (Å²) in [5.74, 6) is -2.04. The summed E-state index contributed by atoms with van der Waals surface area (Å²) in [4.78, 5) is 36.8. The van der Waals surface area contributed by atoms with Gasteiger partial charge >= 0.3 is 5.97 Å². The number of rotatable bonds is 3. The van der Waals surface area contributed by atoms with Crippen molar-refractivity contribution in [1.82, 2.24) is 4.90 Å². The highest BCUT2D eigenvalue weighted by molar-refractivity contribution is 5.97. The van der Waals surface area contributed by atoms with Gasteiger partial charge in [-0.3, -0.25) is 14.4 Å². The Hall–Kier alpha value is -2.44. The minimum absolute atomic E-state index is 0.138. The molecule has 0 saturated carbocycles. The number of nitrogens with one attached hydrogen (secondary N) is 1. The molecule has 1 N–H and O–H groups in total. The highest BCUT2D eigenvalue weighted by atomic mass is 19.1. The van der Waals surface area contributed by atoms with E-state index in [9.17, 15) is 18.8 Å². The maximum absolute atomic E-state index is 13.7. The predicted octanol–water partition coefficient (Wildman–Crippen LogP) is 1.81. The third-order valence-corrected chi connectivity index (χ3v) is 3.71. The lowest BCUT2D eigenvalue weighted by Crippen LogP contribution is -2.42. The number of nitrogens with zero attached hydrogens (tertiary/aromatic N) is 1. The average molecular weight is 322 g/mol. The number of carbonyl (C=O) groups is 3. The normalized spacial score (nSPS) is 17.5. The zero-order valence-corrected chi connectivity index (χ0v) is 13.1. The molecule has 0 spiro atoms. The van der Waals surface area contributed by atoms with E-state index in [1.54, 1.807) is 0 Å². The number of hydrogen-bond acceptors (Lipinski definition) is 4. The minimum atomic E-state index is -0.610. The Labute approximate surface area is 133 Å². The van der Waals surface area contributed by atoms with E-state index < -0.39 is 5.82 Å². The molecule has 0 aliphatic carbocycles. The number of ether oxygens (including phenoxy) is 1. The first-order valence-corrected chi connectivity index (χ1v) is 7.36. The fourth-order valence-corrected chi connectivity index (χ4v) is 2.69. The van der Waals surface area contributed by atoms with Crippen molar-refractivity contribution in [3.8, 4) is 0 Å².